The van der Waals surface area contributed by atoms with Gasteiger partial charge in [0.1, 0.15) is 0 Å². The first-order valence-electron chi connectivity index (χ1n) is 2.66. The third kappa shape index (κ3) is 2.03. The largest absolute Gasteiger partial charge is 0.154 e. The van der Waals surface area contributed by atoms with E-state index >= 15 is 0 Å². The summed E-state index contributed by atoms with van der Waals surface area (Å²) >= 11 is 2.02. The van der Waals surface area contributed by atoms with Crippen molar-refractivity contribution in [2.75, 3.05) is 5.75 Å². The lowest BCUT2D eigenvalue weighted by Gasteiger charge is -1.86. The van der Waals surface area contributed by atoms with Gasteiger partial charge in [-0.2, -0.15) is 11.8 Å². The van der Waals surface area contributed by atoms with Gasteiger partial charge in [0, 0.05) is 11.0 Å². The monoisotopic (exact) mass is 114 g/mol. The molecule has 7 heavy (non-hydrogen) atoms. The Morgan fingerprint density at radius 2 is 2.43 bits per heavy atom. The van der Waals surface area contributed by atoms with Crippen molar-refractivity contribution in [2.45, 2.75) is 18.1 Å². The highest BCUT2D eigenvalue weighted by atomic mass is 32.2. The molecule has 1 aliphatic carbocycles. The number of hydrogen-bond acceptors (Lipinski definition) is 1. The summed E-state index contributed by atoms with van der Waals surface area (Å²) in [5, 5.41) is 0.998. The fourth-order valence-corrected chi connectivity index (χ4v) is 1.32. The third-order valence-electron chi connectivity index (χ3n) is 0.974. The topological polar surface area (TPSA) is 0 Å². The predicted octanol–water partition coefficient (Wildman–Crippen LogP) is 2.07. The van der Waals surface area contributed by atoms with Crippen LogP contribution in [0.2, 0.25) is 0 Å². The van der Waals surface area contributed by atoms with Gasteiger partial charge in [-0.3, -0.25) is 0 Å². The van der Waals surface area contributed by atoms with E-state index in [0.717, 1.165) is 11.0 Å². The maximum absolute atomic E-state index is 3.64. The van der Waals surface area contributed by atoms with Crippen LogP contribution in [0.1, 0.15) is 12.8 Å². The first-order valence-corrected chi connectivity index (χ1v) is 3.71. The Hall–Kier alpha value is 0.0900. The molecule has 40 valence electrons. The average molecular weight is 114 g/mol. The second-order valence-corrected chi connectivity index (χ2v) is 3.15. The Balaban J connectivity index is 1.88. The van der Waals surface area contributed by atoms with Gasteiger partial charge in [0.2, 0.25) is 0 Å². The summed E-state index contributed by atoms with van der Waals surface area (Å²) in [7, 11) is 0. The first kappa shape index (κ1) is 5.23. The molecule has 0 saturated heterocycles. The molecule has 0 aliphatic heterocycles. The second kappa shape index (κ2) is 2.41. The molecule has 0 aromatic rings. The van der Waals surface area contributed by atoms with Crippen LogP contribution in [0.4, 0.5) is 0 Å². The fraction of sp³-hybridized carbons (Fsp3) is 0.667. The molecule has 1 fully saturated rings. The van der Waals surface area contributed by atoms with Gasteiger partial charge in [0.25, 0.3) is 0 Å². The summed E-state index contributed by atoms with van der Waals surface area (Å²) in [4.78, 5) is 0. The summed E-state index contributed by atoms with van der Waals surface area (Å²) in [6.07, 6.45) is 4.86. The van der Waals surface area contributed by atoms with Gasteiger partial charge >= 0.3 is 0 Å². The standard InChI is InChI=1S/C6H10S/c1-2-5-7-6-3-4-6/h2,6H,1,3-5H2. The maximum atomic E-state index is 3.64. The fourth-order valence-electron chi connectivity index (χ4n) is 0.439. The first-order chi connectivity index (χ1) is 3.43. The van der Waals surface area contributed by atoms with Crippen LogP contribution in [0.3, 0.4) is 0 Å². The molecule has 0 aromatic heterocycles. The van der Waals surface area contributed by atoms with E-state index in [1.807, 2.05) is 17.8 Å². The molecule has 1 saturated carbocycles. The van der Waals surface area contributed by atoms with E-state index < -0.39 is 0 Å². The van der Waals surface area contributed by atoms with Crippen molar-refractivity contribution in [3.63, 3.8) is 0 Å². The molecule has 0 bridgehead atoms. The zero-order valence-corrected chi connectivity index (χ0v) is 5.21. The van der Waals surface area contributed by atoms with Crippen molar-refractivity contribution >= 4 is 11.8 Å². The number of hydrogen-bond donors (Lipinski definition) is 0. The smallest absolute Gasteiger partial charge is 0.0113 e. The van der Waals surface area contributed by atoms with Crippen LogP contribution < -0.4 is 0 Å². The molecule has 1 aliphatic rings. The maximum Gasteiger partial charge on any atom is 0.0113 e. The van der Waals surface area contributed by atoms with Gasteiger partial charge in [0.05, 0.1) is 0 Å². The van der Waals surface area contributed by atoms with E-state index in [2.05, 4.69) is 6.58 Å². The molecule has 0 atom stereocenters. The molecule has 0 nitrogen and oxygen atoms in total. The molecule has 0 heterocycles. The van der Waals surface area contributed by atoms with Crippen LogP contribution in [0, 0.1) is 0 Å². The number of thioether (sulfide) groups is 1. The van der Waals surface area contributed by atoms with Crippen molar-refractivity contribution in [1.29, 1.82) is 0 Å². The molecule has 0 spiro atoms. The van der Waals surface area contributed by atoms with Crippen molar-refractivity contribution < 1.29 is 0 Å². The summed E-state index contributed by atoms with van der Waals surface area (Å²) in [5.41, 5.74) is 0. The van der Waals surface area contributed by atoms with Gasteiger partial charge in [-0.25, -0.2) is 0 Å². The quantitative estimate of drug-likeness (QED) is 0.506. The van der Waals surface area contributed by atoms with E-state index in [9.17, 15) is 0 Å². The van der Waals surface area contributed by atoms with Crippen LogP contribution in [0.5, 0.6) is 0 Å². The highest BCUT2D eigenvalue weighted by molar-refractivity contribution is 8.00. The molecule has 1 rings (SSSR count). The SMILES string of the molecule is C=CCSC1CC1. The Morgan fingerprint density at radius 3 is 2.86 bits per heavy atom. The Labute approximate surface area is 49.0 Å². The van der Waals surface area contributed by atoms with Crippen LogP contribution in [0.15, 0.2) is 12.7 Å². The van der Waals surface area contributed by atoms with Crippen molar-refractivity contribution in [3.05, 3.63) is 12.7 Å². The Kier molecular flexibility index (Phi) is 1.80. The number of rotatable bonds is 3. The van der Waals surface area contributed by atoms with Crippen LogP contribution >= 0.6 is 11.8 Å². The molecular formula is C6H10S. The Morgan fingerprint density at radius 1 is 1.71 bits per heavy atom. The predicted molar refractivity (Wildman–Crippen MR) is 35.7 cm³/mol. The summed E-state index contributed by atoms with van der Waals surface area (Å²) in [5.74, 6) is 1.14. The second-order valence-electron chi connectivity index (χ2n) is 1.82. The lowest BCUT2D eigenvalue weighted by Crippen LogP contribution is -1.71. The molecular weight excluding hydrogens is 104 g/mol. The molecule has 0 N–H and O–H groups in total. The van der Waals surface area contributed by atoms with Crippen molar-refractivity contribution in [2.24, 2.45) is 0 Å². The van der Waals surface area contributed by atoms with E-state index in [0.29, 0.717) is 0 Å². The van der Waals surface area contributed by atoms with E-state index in [4.69, 9.17) is 0 Å². The van der Waals surface area contributed by atoms with Gasteiger partial charge in [-0.1, -0.05) is 6.08 Å². The minimum atomic E-state index is 0.998. The van der Waals surface area contributed by atoms with Crippen LogP contribution in [0.25, 0.3) is 0 Å². The average Bonchev–Trinajstić information content (AvgIpc) is 2.42. The molecule has 0 amide bonds. The molecule has 0 radical (unpaired) electrons. The molecule has 0 unspecified atom stereocenters. The van der Waals surface area contributed by atoms with Crippen LogP contribution in [-0.4, -0.2) is 11.0 Å². The van der Waals surface area contributed by atoms with Gasteiger partial charge in [-0.15, -0.1) is 6.58 Å². The minimum Gasteiger partial charge on any atom is -0.154 e. The Bertz CT molecular complexity index is 64.6. The molecule has 1 heteroatoms. The summed E-state index contributed by atoms with van der Waals surface area (Å²) < 4.78 is 0. The summed E-state index contributed by atoms with van der Waals surface area (Å²) in [6, 6.07) is 0. The molecule has 0 aromatic carbocycles. The highest BCUT2D eigenvalue weighted by Gasteiger charge is 2.20. The van der Waals surface area contributed by atoms with Crippen molar-refractivity contribution in [1.82, 2.24) is 0 Å². The van der Waals surface area contributed by atoms with Crippen molar-refractivity contribution in [3.8, 4) is 0 Å². The van der Waals surface area contributed by atoms with Gasteiger partial charge in [0.15, 0.2) is 0 Å². The lowest BCUT2D eigenvalue weighted by molar-refractivity contribution is 1.50. The zero-order chi connectivity index (χ0) is 5.11. The van der Waals surface area contributed by atoms with Gasteiger partial charge in [-0.05, 0) is 12.8 Å². The normalized spacial score (nSPS) is 19.4. The minimum absolute atomic E-state index is 0.998. The summed E-state index contributed by atoms with van der Waals surface area (Å²) in [6.45, 7) is 3.64. The highest BCUT2D eigenvalue weighted by Crippen LogP contribution is 2.33. The van der Waals surface area contributed by atoms with E-state index in [-0.39, 0.29) is 0 Å². The lowest BCUT2D eigenvalue weighted by atomic mass is 10.8. The van der Waals surface area contributed by atoms with E-state index in [1.165, 1.54) is 12.8 Å². The third-order valence-corrected chi connectivity index (χ3v) is 2.35. The zero-order valence-electron chi connectivity index (χ0n) is 4.39. The van der Waals surface area contributed by atoms with Crippen LogP contribution in [-0.2, 0) is 0 Å². The van der Waals surface area contributed by atoms with E-state index in [1.54, 1.807) is 0 Å². The van der Waals surface area contributed by atoms with Gasteiger partial charge < -0.3 is 0 Å².